The summed E-state index contributed by atoms with van der Waals surface area (Å²) in [6, 6.07) is -0.627. The Balaban J connectivity index is 2.47. The summed E-state index contributed by atoms with van der Waals surface area (Å²) in [6.45, 7) is 3.90. The third kappa shape index (κ3) is 2.21. The molecule has 7 nitrogen and oxygen atoms in total. The third-order valence-corrected chi connectivity index (χ3v) is 3.51. The number of carbonyl (C=O) groups is 2. The van der Waals surface area contributed by atoms with E-state index >= 15 is 0 Å². The largest absolute Gasteiger partial charge is 0.479 e. The molecule has 2 rings (SSSR count). The Labute approximate surface area is 110 Å². The number of carbonyl (C=O) groups excluding carboxylic acids is 1. The number of morpholine rings is 1. The Hall–Kier alpha value is -1.89. The fraction of sp³-hybridized carbons (Fsp3) is 0.583. The van der Waals surface area contributed by atoms with Gasteiger partial charge in [-0.15, -0.1) is 0 Å². The molecule has 2 unspecified atom stereocenters. The molecule has 1 aliphatic rings. The van der Waals surface area contributed by atoms with E-state index in [0.29, 0.717) is 12.1 Å². The van der Waals surface area contributed by atoms with Crippen LogP contribution in [-0.4, -0.2) is 50.9 Å². The van der Waals surface area contributed by atoms with Crippen molar-refractivity contribution in [2.24, 2.45) is 7.05 Å². The van der Waals surface area contributed by atoms with E-state index in [9.17, 15) is 14.7 Å². The van der Waals surface area contributed by atoms with E-state index < -0.39 is 18.1 Å². The Bertz CT molecular complexity index is 509. The highest BCUT2D eigenvalue weighted by atomic mass is 16.5. The summed E-state index contributed by atoms with van der Waals surface area (Å²) in [6.07, 6.45) is 0.543. The number of aromatic nitrogens is 2. The first-order valence-corrected chi connectivity index (χ1v) is 6.09. The van der Waals surface area contributed by atoms with Crippen LogP contribution in [0.15, 0.2) is 6.20 Å². The van der Waals surface area contributed by atoms with E-state index in [1.165, 1.54) is 4.90 Å². The zero-order valence-corrected chi connectivity index (χ0v) is 11.2. The van der Waals surface area contributed by atoms with Crippen LogP contribution in [0, 0.1) is 6.92 Å². The maximum absolute atomic E-state index is 11.9. The van der Waals surface area contributed by atoms with Gasteiger partial charge in [0.1, 0.15) is 6.61 Å². The summed E-state index contributed by atoms with van der Waals surface area (Å²) in [5.74, 6) is -1.27. The first kappa shape index (κ1) is 13.5. The minimum atomic E-state index is -1.07. The van der Waals surface area contributed by atoms with Crippen LogP contribution >= 0.6 is 0 Å². The molecule has 0 spiro atoms. The van der Waals surface area contributed by atoms with Crippen molar-refractivity contribution in [2.75, 3.05) is 13.2 Å². The SMILES string of the molecule is CCN1C(=O)COC(C(=O)O)C1c1cnn(C)c1C. The second kappa shape index (κ2) is 5.00. The number of nitrogens with zero attached hydrogens (tertiary/aromatic N) is 3. The molecule has 0 bridgehead atoms. The van der Waals surface area contributed by atoms with Crippen LogP contribution in [-0.2, 0) is 21.4 Å². The molecule has 1 fully saturated rings. The summed E-state index contributed by atoms with van der Waals surface area (Å²) >= 11 is 0. The highest BCUT2D eigenvalue weighted by molar-refractivity contribution is 5.83. The van der Waals surface area contributed by atoms with Crippen molar-refractivity contribution < 1.29 is 19.4 Å². The van der Waals surface area contributed by atoms with E-state index in [4.69, 9.17) is 4.74 Å². The lowest BCUT2D eigenvalue weighted by Gasteiger charge is -2.38. The minimum Gasteiger partial charge on any atom is -0.479 e. The zero-order chi connectivity index (χ0) is 14.2. The highest BCUT2D eigenvalue weighted by Crippen LogP contribution is 2.31. The van der Waals surface area contributed by atoms with Gasteiger partial charge in [0, 0.05) is 24.8 Å². The number of rotatable bonds is 3. The van der Waals surface area contributed by atoms with E-state index in [-0.39, 0.29) is 12.5 Å². The first-order chi connectivity index (χ1) is 8.97. The smallest absolute Gasteiger partial charge is 0.335 e. The molecule has 1 saturated heterocycles. The molecule has 2 atom stereocenters. The van der Waals surface area contributed by atoms with Gasteiger partial charge in [-0.05, 0) is 13.8 Å². The van der Waals surface area contributed by atoms with E-state index in [0.717, 1.165) is 5.69 Å². The standard InChI is InChI=1S/C12H17N3O4/c1-4-15-9(16)6-19-11(12(17)18)10(15)8-5-13-14(3)7(8)2/h5,10-11H,4,6H2,1-3H3,(H,17,18). The Morgan fingerprint density at radius 1 is 1.63 bits per heavy atom. The molecule has 0 radical (unpaired) electrons. The summed E-state index contributed by atoms with van der Waals surface area (Å²) in [4.78, 5) is 24.7. The number of amides is 1. The Morgan fingerprint density at radius 2 is 2.32 bits per heavy atom. The lowest BCUT2D eigenvalue weighted by Crippen LogP contribution is -2.51. The second-order valence-electron chi connectivity index (χ2n) is 4.50. The maximum Gasteiger partial charge on any atom is 0.335 e. The fourth-order valence-corrected chi connectivity index (χ4v) is 2.37. The van der Waals surface area contributed by atoms with Gasteiger partial charge in [-0.2, -0.15) is 5.10 Å². The predicted octanol–water partition coefficient (Wildman–Crippen LogP) is 0.102. The van der Waals surface area contributed by atoms with Crippen molar-refractivity contribution in [3.63, 3.8) is 0 Å². The van der Waals surface area contributed by atoms with Crippen molar-refractivity contribution in [3.8, 4) is 0 Å². The van der Waals surface area contributed by atoms with Crippen LogP contribution in [0.3, 0.4) is 0 Å². The molecule has 0 saturated carbocycles. The predicted molar refractivity (Wildman–Crippen MR) is 65.4 cm³/mol. The van der Waals surface area contributed by atoms with Crippen LogP contribution in [0.25, 0.3) is 0 Å². The topological polar surface area (TPSA) is 84.7 Å². The molecule has 1 amide bonds. The minimum absolute atomic E-state index is 0.194. The molecule has 1 N–H and O–H groups in total. The number of carboxylic acids is 1. The molecule has 1 aromatic rings. The van der Waals surface area contributed by atoms with Crippen LogP contribution in [0.2, 0.25) is 0 Å². The van der Waals surface area contributed by atoms with Crippen LogP contribution in [0.5, 0.6) is 0 Å². The highest BCUT2D eigenvalue weighted by Gasteiger charge is 2.42. The Morgan fingerprint density at radius 3 is 2.79 bits per heavy atom. The van der Waals surface area contributed by atoms with Gasteiger partial charge in [-0.3, -0.25) is 9.48 Å². The molecular formula is C12H17N3O4. The first-order valence-electron chi connectivity index (χ1n) is 6.09. The van der Waals surface area contributed by atoms with Crippen LogP contribution in [0.1, 0.15) is 24.2 Å². The van der Waals surface area contributed by atoms with Gasteiger partial charge >= 0.3 is 5.97 Å². The number of hydrogen-bond donors (Lipinski definition) is 1. The number of likely N-dealkylation sites (N-methyl/N-ethyl adjacent to an activating group) is 1. The zero-order valence-electron chi connectivity index (χ0n) is 11.2. The number of ether oxygens (including phenoxy) is 1. The van der Waals surface area contributed by atoms with Gasteiger partial charge in [0.05, 0.1) is 12.2 Å². The van der Waals surface area contributed by atoms with Gasteiger partial charge in [0.15, 0.2) is 6.10 Å². The monoisotopic (exact) mass is 267 g/mol. The molecule has 104 valence electrons. The normalized spacial score (nSPS) is 23.7. The van der Waals surface area contributed by atoms with Gasteiger partial charge in [-0.1, -0.05) is 0 Å². The molecule has 1 aliphatic heterocycles. The van der Waals surface area contributed by atoms with Gasteiger partial charge in [-0.25, -0.2) is 4.79 Å². The number of hydrogen-bond acceptors (Lipinski definition) is 4. The molecule has 19 heavy (non-hydrogen) atoms. The molecule has 0 aromatic carbocycles. The van der Waals surface area contributed by atoms with Gasteiger partial charge < -0.3 is 14.7 Å². The quantitative estimate of drug-likeness (QED) is 0.839. The number of aliphatic carboxylic acids is 1. The average molecular weight is 267 g/mol. The van der Waals surface area contributed by atoms with Crippen LogP contribution in [0.4, 0.5) is 0 Å². The molecule has 1 aromatic heterocycles. The lowest BCUT2D eigenvalue weighted by atomic mass is 9.98. The molecular weight excluding hydrogens is 250 g/mol. The van der Waals surface area contributed by atoms with Crippen molar-refractivity contribution in [1.29, 1.82) is 0 Å². The second-order valence-corrected chi connectivity index (χ2v) is 4.50. The van der Waals surface area contributed by atoms with Gasteiger partial charge in [0.2, 0.25) is 5.91 Å². The Kier molecular flexibility index (Phi) is 3.57. The molecule has 7 heteroatoms. The summed E-state index contributed by atoms with van der Waals surface area (Å²) in [5, 5.41) is 13.4. The van der Waals surface area contributed by atoms with E-state index in [1.54, 1.807) is 17.9 Å². The fourth-order valence-electron chi connectivity index (χ4n) is 2.37. The van der Waals surface area contributed by atoms with Gasteiger partial charge in [0.25, 0.3) is 0 Å². The van der Waals surface area contributed by atoms with Crippen LogP contribution < -0.4 is 0 Å². The number of aryl methyl sites for hydroxylation is 1. The van der Waals surface area contributed by atoms with E-state index in [1.807, 2.05) is 13.8 Å². The third-order valence-electron chi connectivity index (χ3n) is 3.51. The summed E-state index contributed by atoms with van der Waals surface area (Å²) < 4.78 is 6.84. The van der Waals surface area contributed by atoms with Crippen molar-refractivity contribution in [3.05, 3.63) is 17.5 Å². The van der Waals surface area contributed by atoms with Crippen molar-refractivity contribution in [1.82, 2.24) is 14.7 Å². The molecule has 2 heterocycles. The lowest BCUT2D eigenvalue weighted by molar-refractivity contribution is -0.172. The van der Waals surface area contributed by atoms with Crippen molar-refractivity contribution in [2.45, 2.75) is 26.0 Å². The van der Waals surface area contributed by atoms with E-state index in [2.05, 4.69) is 5.10 Å². The molecule has 0 aliphatic carbocycles. The number of carboxylic acid groups (broad SMARTS) is 1. The summed E-state index contributed by atoms with van der Waals surface area (Å²) in [7, 11) is 1.77. The average Bonchev–Trinajstić information content (AvgIpc) is 2.69. The van der Waals surface area contributed by atoms with Crippen molar-refractivity contribution >= 4 is 11.9 Å². The maximum atomic E-state index is 11.9. The summed E-state index contributed by atoms with van der Waals surface area (Å²) in [5.41, 5.74) is 1.54.